The monoisotopic (exact) mass is 538 g/mol. The molecular formula is C27H31BrN4O3. The SMILES string of the molecule is COc1ccccc1C(=O)N=Nc1c(O)n(CN2C[C@@]3(C)C[C@H]2CC(C)(C)C3)c2ccc(Br)cc12. The van der Waals surface area contributed by atoms with Crippen LogP contribution in [0.1, 0.15) is 50.4 Å². The van der Waals surface area contributed by atoms with Gasteiger partial charge in [0, 0.05) is 22.4 Å². The van der Waals surface area contributed by atoms with Gasteiger partial charge in [0.1, 0.15) is 5.75 Å². The molecule has 1 amide bonds. The number of aromatic hydroxyl groups is 1. The van der Waals surface area contributed by atoms with Crippen LogP contribution in [0.15, 0.2) is 57.2 Å². The molecule has 1 saturated carbocycles. The van der Waals surface area contributed by atoms with Crippen molar-refractivity contribution in [1.82, 2.24) is 9.47 Å². The van der Waals surface area contributed by atoms with Crippen molar-refractivity contribution >= 4 is 38.4 Å². The number of hydrogen-bond acceptors (Lipinski definition) is 5. The van der Waals surface area contributed by atoms with Crippen LogP contribution in [0.2, 0.25) is 0 Å². The van der Waals surface area contributed by atoms with Gasteiger partial charge in [-0.1, -0.05) is 48.8 Å². The number of rotatable bonds is 5. The number of hydrogen-bond donors (Lipinski definition) is 1. The van der Waals surface area contributed by atoms with Crippen molar-refractivity contribution in [3.8, 4) is 11.6 Å². The van der Waals surface area contributed by atoms with Crippen LogP contribution in [0.3, 0.4) is 0 Å². The first-order valence-electron chi connectivity index (χ1n) is 11.9. The molecule has 2 heterocycles. The van der Waals surface area contributed by atoms with Gasteiger partial charge in [0.15, 0.2) is 5.69 Å². The van der Waals surface area contributed by atoms with Gasteiger partial charge in [0.05, 0.1) is 24.9 Å². The van der Waals surface area contributed by atoms with E-state index in [1.54, 1.807) is 24.3 Å². The van der Waals surface area contributed by atoms with Crippen LogP contribution in [0, 0.1) is 10.8 Å². The van der Waals surface area contributed by atoms with Gasteiger partial charge in [0.2, 0.25) is 5.88 Å². The average molecular weight is 539 g/mol. The molecule has 2 bridgehead atoms. The number of carbonyl (C=O) groups excluding carboxylic acids is 1. The van der Waals surface area contributed by atoms with E-state index in [2.05, 4.69) is 51.8 Å². The van der Waals surface area contributed by atoms with Crippen LogP contribution in [0.25, 0.3) is 10.9 Å². The van der Waals surface area contributed by atoms with Crippen molar-refractivity contribution in [1.29, 1.82) is 0 Å². The van der Waals surface area contributed by atoms with Gasteiger partial charge in [-0.15, -0.1) is 10.2 Å². The van der Waals surface area contributed by atoms with Gasteiger partial charge < -0.3 is 9.84 Å². The molecule has 1 aliphatic carbocycles. The number of benzene rings is 2. The van der Waals surface area contributed by atoms with Crippen molar-refractivity contribution in [2.45, 2.75) is 52.7 Å². The zero-order valence-electron chi connectivity index (χ0n) is 20.6. The number of aromatic nitrogens is 1. The lowest BCUT2D eigenvalue weighted by Crippen LogP contribution is -2.35. The number of fused-ring (bicyclic) bond motifs is 3. The van der Waals surface area contributed by atoms with E-state index in [4.69, 9.17) is 4.74 Å². The highest BCUT2D eigenvalue weighted by molar-refractivity contribution is 9.10. The first kappa shape index (κ1) is 24.0. The Labute approximate surface area is 213 Å². The van der Waals surface area contributed by atoms with Gasteiger partial charge in [0.25, 0.3) is 5.91 Å². The minimum atomic E-state index is -0.527. The summed E-state index contributed by atoms with van der Waals surface area (Å²) in [6, 6.07) is 13.2. The van der Waals surface area contributed by atoms with Crippen LogP contribution in [-0.2, 0) is 6.67 Å². The molecule has 0 unspecified atom stereocenters. The number of methoxy groups -OCH3 is 1. The quantitative estimate of drug-likeness (QED) is 0.358. The first-order valence-corrected chi connectivity index (χ1v) is 12.7. The van der Waals surface area contributed by atoms with E-state index in [0.29, 0.717) is 35.1 Å². The fraction of sp³-hybridized carbons (Fsp3) is 0.444. The summed E-state index contributed by atoms with van der Waals surface area (Å²) in [5, 5.41) is 20.2. The minimum Gasteiger partial charge on any atom is -0.496 e. The molecule has 1 N–H and O–H groups in total. The maximum atomic E-state index is 12.8. The molecule has 2 fully saturated rings. The number of halogens is 1. The number of likely N-dealkylation sites (tertiary alicyclic amines) is 1. The number of carbonyl (C=O) groups is 1. The Bertz CT molecular complexity index is 1330. The molecule has 7 nitrogen and oxygen atoms in total. The Morgan fingerprint density at radius 3 is 2.74 bits per heavy atom. The molecule has 0 radical (unpaired) electrons. The summed E-state index contributed by atoms with van der Waals surface area (Å²) in [5.74, 6) is -0.0794. The number of azo groups is 1. The zero-order chi connectivity index (χ0) is 25.0. The number of ether oxygens (including phenoxy) is 1. The molecule has 2 aliphatic rings. The molecular weight excluding hydrogens is 508 g/mol. The number of nitrogens with zero attached hydrogens (tertiary/aromatic N) is 4. The van der Waals surface area contributed by atoms with Crippen LogP contribution in [0.5, 0.6) is 11.6 Å². The van der Waals surface area contributed by atoms with E-state index in [-0.39, 0.29) is 11.3 Å². The highest BCUT2D eigenvalue weighted by atomic mass is 79.9. The molecule has 0 spiro atoms. The van der Waals surface area contributed by atoms with Crippen molar-refractivity contribution in [3.05, 3.63) is 52.5 Å². The third-order valence-electron chi connectivity index (χ3n) is 7.40. The molecule has 1 aliphatic heterocycles. The Morgan fingerprint density at radius 1 is 1.20 bits per heavy atom. The highest BCUT2D eigenvalue weighted by Gasteiger charge is 2.49. The fourth-order valence-corrected chi connectivity index (χ4v) is 6.79. The van der Waals surface area contributed by atoms with Gasteiger partial charge >= 0.3 is 0 Å². The Morgan fingerprint density at radius 2 is 1.97 bits per heavy atom. The minimum absolute atomic E-state index is 0.0144. The fourth-order valence-electron chi connectivity index (χ4n) is 6.43. The van der Waals surface area contributed by atoms with Crippen molar-refractivity contribution in [2.75, 3.05) is 13.7 Å². The predicted molar refractivity (Wildman–Crippen MR) is 139 cm³/mol. The first-order chi connectivity index (χ1) is 16.6. The van der Waals surface area contributed by atoms with E-state index >= 15 is 0 Å². The third-order valence-corrected chi connectivity index (χ3v) is 7.89. The number of amides is 1. The summed E-state index contributed by atoms with van der Waals surface area (Å²) in [7, 11) is 1.51. The van der Waals surface area contributed by atoms with Crippen molar-refractivity contribution < 1.29 is 14.6 Å². The molecule has 1 aromatic heterocycles. The van der Waals surface area contributed by atoms with Crippen LogP contribution < -0.4 is 4.74 Å². The summed E-state index contributed by atoms with van der Waals surface area (Å²) in [6.07, 6.45) is 3.54. The molecule has 5 rings (SSSR count). The lowest BCUT2D eigenvalue weighted by atomic mass is 9.65. The maximum Gasteiger partial charge on any atom is 0.299 e. The highest BCUT2D eigenvalue weighted by Crippen LogP contribution is 2.53. The molecule has 184 valence electrons. The molecule has 35 heavy (non-hydrogen) atoms. The van der Waals surface area contributed by atoms with Crippen molar-refractivity contribution in [3.63, 3.8) is 0 Å². The third kappa shape index (κ3) is 4.49. The van der Waals surface area contributed by atoms with E-state index in [9.17, 15) is 9.90 Å². The maximum absolute atomic E-state index is 12.8. The molecule has 8 heteroatoms. The zero-order valence-corrected chi connectivity index (χ0v) is 22.2. The van der Waals surface area contributed by atoms with Gasteiger partial charge in [-0.2, -0.15) is 0 Å². The Balaban J connectivity index is 1.50. The normalized spacial score (nSPS) is 23.9. The summed E-state index contributed by atoms with van der Waals surface area (Å²) < 4.78 is 8.03. The van der Waals surface area contributed by atoms with Crippen molar-refractivity contribution in [2.24, 2.45) is 21.1 Å². The molecule has 1 saturated heterocycles. The number of para-hydroxylation sites is 1. The van der Waals surface area contributed by atoms with Gasteiger partial charge in [-0.25, -0.2) is 0 Å². The lowest BCUT2D eigenvalue weighted by molar-refractivity contribution is 0.0992. The second-order valence-electron chi connectivity index (χ2n) is 11.1. The molecule has 2 aromatic carbocycles. The smallest absolute Gasteiger partial charge is 0.299 e. The second-order valence-corrected chi connectivity index (χ2v) is 12.0. The topological polar surface area (TPSA) is 79.4 Å². The summed E-state index contributed by atoms with van der Waals surface area (Å²) in [4.78, 5) is 15.3. The second kappa shape index (κ2) is 8.75. The standard InChI is InChI=1S/C27H31BrN4O3/c1-26(2)12-18-13-27(3,14-26)15-31(18)16-32-21-10-9-17(28)11-20(21)23(25(32)34)29-30-24(33)19-7-5-6-8-22(19)35-4/h5-11,18,34H,12-16H2,1-4H3/t18-,27+/m1/s1. The molecule has 3 aromatic rings. The van der Waals surface area contributed by atoms with E-state index in [1.165, 1.54) is 20.0 Å². The van der Waals surface area contributed by atoms with E-state index in [0.717, 1.165) is 28.3 Å². The molecule has 2 atom stereocenters. The van der Waals surface area contributed by atoms with Crippen LogP contribution >= 0.6 is 15.9 Å². The summed E-state index contributed by atoms with van der Waals surface area (Å²) >= 11 is 3.52. The average Bonchev–Trinajstić information content (AvgIpc) is 3.19. The summed E-state index contributed by atoms with van der Waals surface area (Å²) in [6.45, 7) is 8.67. The Kier molecular flexibility index (Phi) is 6.00. The van der Waals surface area contributed by atoms with E-state index < -0.39 is 5.91 Å². The van der Waals surface area contributed by atoms with E-state index in [1.807, 2.05) is 22.8 Å². The van der Waals surface area contributed by atoms with Crippen LogP contribution in [-0.4, -0.2) is 40.2 Å². The van der Waals surface area contributed by atoms with Gasteiger partial charge in [-0.05, 0) is 60.4 Å². The largest absolute Gasteiger partial charge is 0.496 e. The van der Waals surface area contributed by atoms with Crippen LogP contribution in [0.4, 0.5) is 5.69 Å². The predicted octanol–water partition coefficient (Wildman–Crippen LogP) is 6.90. The lowest BCUT2D eigenvalue weighted by Gasteiger charge is -2.40. The Hall–Kier alpha value is -2.71. The van der Waals surface area contributed by atoms with Gasteiger partial charge in [-0.3, -0.25) is 14.3 Å². The summed E-state index contributed by atoms with van der Waals surface area (Å²) in [5.41, 5.74) is 2.07.